The molecule has 6 heteroatoms. The maximum Gasteiger partial charge on any atom is 0.407 e. The van der Waals surface area contributed by atoms with E-state index in [0.717, 1.165) is 22.3 Å². The number of fused-ring (bicyclic) bond motifs is 3. The molecule has 1 amide bonds. The highest BCUT2D eigenvalue weighted by atomic mass is 16.5. The quantitative estimate of drug-likeness (QED) is 0.644. The van der Waals surface area contributed by atoms with Crippen molar-refractivity contribution in [3.63, 3.8) is 0 Å². The van der Waals surface area contributed by atoms with Crippen LogP contribution in [0.2, 0.25) is 0 Å². The van der Waals surface area contributed by atoms with Crippen LogP contribution in [0.1, 0.15) is 43.7 Å². The minimum Gasteiger partial charge on any atom is -0.449 e. The lowest BCUT2D eigenvalue weighted by molar-refractivity contribution is -0.125. The summed E-state index contributed by atoms with van der Waals surface area (Å²) in [7, 11) is 0. The minimum atomic E-state index is -0.809. The van der Waals surface area contributed by atoms with Crippen molar-refractivity contribution in [3.05, 3.63) is 59.7 Å². The van der Waals surface area contributed by atoms with Crippen LogP contribution in [0, 0.1) is 0 Å². The van der Waals surface area contributed by atoms with Gasteiger partial charge >= 0.3 is 6.09 Å². The van der Waals surface area contributed by atoms with Gasteiger partial charge in [-0.3, -0.25) is 4.79 Å². The van der Waals surface area contributed by atoms with Gasteiger partial charge in [-0.25, -0.2) is 4.79 Å². The summed E-state index contributed by atoms with van der Waals surface area (Å²) in [5.41, 5.74) is 4.53. The van der Waals surface area contributed by atoms with E-state index in [1.165, 1.54) is 6.92 Å². The first-order valence-electron chi connectivity index (χ1n) is 10.2. The second kappa shape index (κ2) is 10.2. The van der Waals surface area contributed by atoms with E-state index in [0.29, 0.717) is 6.61 Å². The first-order chi connectivity index (χ1) is 14.5. The molecule has 0 aliphatic heterocycles. The Kier molecular flexibility index (Phi) is 7.36. The Morgan fingerprint density at radius 2 is 1.60 bits per heavy atom. The highest BCUT2D eigenvalue weighted by Gasteiger charge is 2.29. The molecule has 0 spiro atoms. The smallest absolute Gasteiger partial charge is 0.407 e. The maximum atomic E-state index is 12.4. The van der Waals surface area contributed by atoms with Crippen molar-refractivity contribution in [2.75, 3.05) is 19.8 Å². The average molecular weight is 409 g/mol. The summed E-state index contributed by atoms with van der Waals surface area (Å²) < 4.78 is 10.7. The number of carbonyl (C=O) groups is 3. The van der Waals surface area contributed by atoms with Gasteiger partial charge in [0.15, 0.2) is 5.78 Å². The normalized spacial score (nSPS) is 13.3. The van der Waals surface area contributed by atoms with Crippen molar-refractivity contribution in [2.24, 2.45) is 0 Å². The molecule has 0 bridgehead atoms. The van der Waals surface area contributed by atoms with Crippen LogP contribution >= 0.6 is 0 Å². The van der Waals surface area contributed by atoms with Crippen LogP contribution in [0.3, 0.4) is 0 Å². The third-order valence-electron chi connectivity index (χ3n) is 5.26. The van der Waals surface area contributed by atoms with Gasteiger partial charge in [0.05, 0.1) is 6.04 Å². The number of amides is 1. The molecule has 1 unspecified atom stereocenters. The molecule has 158 valence electrons. The monoisotopic (exact) mass is 409 g/mol. The predicted molar refractivity (Wildman–Crippen MR) is 113 cm³/mol. The number of hydrogen-bond donors (Lipinski definition) is 1. The third-order valence-corrected chi connectivity index (χ3v) is 5.26. The van der Waals surface area contributed by atoms with Gasteiger partial charge in [0, 0.05) is 18.9 Å². The summed E-state index contributed by atoms with van der Waals surface area (Å²) >= 11 is 0. The molecule has 0 saturated carbocycles. The van der Waals surface area contributed by atoms with E-state index < -0.39 is 12.1 Å². The zero-order valence-electron chi connectivity index (χ0n) is 17.4. The van der Waals surface area contributed by atoms with E-state index in [-0.39, 0.29) is 43.5 Å². The van der Waals surface area contributed by atoms with Crippen molar-refractivity contribution < 1.29 is 23.9 Å². The third kappa shape index (κ3) is 5.13. The van der Waals surface area contributed by atoms with E-state index in [1.54, 1.807) is 6.92 Å². The van der Waals surface area contributed by atoms with Gasteiger partial charge in [-0.15, -0.1) is 0 Å². The molecule has 1 N–H and O–H groups in total. The summed E-state index contributed by atoms with van der Waals surface area (Å²) in [6, 6.07) is 15.4. The number of carbonyl (C=O) groups excluding carboxylic acids is 3. The second-order valence-corrected chi connectivity index (χ2v) is 7.37. The molecule has 3 rings (SSSR count). The molecule has 1 atom stereocenters. The van der Waals surface area contributed by atoms with Crippen LogP contribution in [0.4, 0.5) is 4.79 Å². The summed E-state index contributed by atoms with van der Waals surface area (Å²) in [6.07, 6.45) is -0.243. The van der Waals surface area contributed by atoms with Crippen molar-refractivity contribution in [3.8, 4) is 11.1 Å². The fourth-order valence-corrected chi connectivity index (χ4v) is 3.75. The molecule has 6 nitrogen and oxygen atoms in total. The van der Waals surface area contributed by atoms with Crippen LogP contribution < -0.4 is 5.32 Å². The van der Waals surface area contributed by atoms with Crippen molar-refractivity contribution in [2.45, 2.75) is 38.6 Å². The standard InChI is InChI=1S/C24H27NO5/c1-3-29-15-23(27)22(13-12-16(2)26)25-24(28)30-14-21-19-10-6-4-8-17(19)18-9-5-7-11-20(18)21/h4-11,21-22H,3,12-15H2,1-2H3,(H,25,28). The van der Waals surface area contributed by atoms with Gasteiger partial charge in [-0.05, 0) is 42.5 Å². The number of alkyl carbamates (subject to hydrolysis) is 1. The Bertz CT molecular complexity index is 878. The van der Waals surface area contributed by atoms with E-state index in [4.69, 9.17) is 9.47 Å². The van der Waals surface area contributed by atoms with E-state index in [9.17, 15) is 14.4 Å². The minimum absolute atomic E-state index is 0.0430. The molecule has 1 aliphatic carbocycles. The average Bonchev–Trinajstić information content (AvgIpc) is 3.07. The molecule has 0 heterocycles. The van der Waals surface area contributed by atoms with E-state index in [1.807, 2.05) is 36.4 Å². The number of ether oxygens (including phenoxy) is 2. The number of benzene rings is 2. The molecule has 0 saturated heterocycles. The van der Waals surface area contributed by atoms with Crippen LogP contribution in [-0.4, -0.2) is 43.5 Å². The molecule has 0 fully saturated rings. The lowest BCUT2D eigenvalue weighted by Crippen LogP contribution is -2.43. The summed E-state index contributed by atoms with van der Waals surface area (Å²) in [6.45, 7) is 3.70. The number of ketones is 2. The zero-order chi connectivity index (χ0) is 21.5. The largest absolute Gasteiger partial charge is 0.449 e. The molecule has 0 radical (unpaired) electrons. The van der Waals surface area contributed by atoms with Crippen LogP contribution in [0.15, 0.2) is 48.5 Å². The molecule has 2 aromatic rings. The number of nitrogens with one attached hydrogen (secondary N) is 1. The first kappa shape index (κ1) is 21.7. The van der Waals surface area contributed by atoms with Gasteiger partial charge < -0.3 is 19.6 Å². The fourth-order valence-electron chi connectivity index (χ4n) is 3.75. The van der Waals surface area contributed by atoms with Crippen molar-refractivity contribution in [1.82, 2.24) is 5.32 Å². The van der Waals surface area contributed by atoms with Crippen molar-refractivity contribution in [1.29, 1.82) is 0 Å². The lowest BCUT2D eigenvalue weighted by atomic mass is 9.98. The van der Waals surface area contributed by atoms with Crippen LogP contribution in [0.5, 0.6) is 0 Å². The Morgan fingerprint density at radius 3 is 2.17 bits per heavy atom. The number of hydrogen-bond acceptors (Lipinski definition) is 5. The van der Waals surface area contributed by atoms with Crippen LogP contribution in [0.25, 0.3) is 11.1 Å². The van der Waals surface area contributed by atoms with Gasteiger partial charge in [0.25, 0.3) is 0 Å². The van der Waals surface area contributed by atoms with Gasteiger partial charge in [0.2, 0.25) is 0 Å². The van der Waals surface area contributed by atoms with Gasteiger partial charge in [0.1, 0.15) is 19.0 Å². The summed E-state index contributed by atoms with van der Waals surface area (Å²) in [4.78, 5) is 36.1. The number of rotatable bonds is 10. The first-order valence-corrected chi connectivity index (χ1v) is 10.2. The highest BCUT2D eigenvalue weighted by Crippen LogP contribution is 2.44. The molecule has 2 aromatic carbocycles. The fraction of sp³-hybridized carbons (Fsp3) is 0.375. The summed E-state index contributed by atoms with van der Waals surface area (Å²) in [5.74, 6) is -0.372. The Labute approximate surface area is 176 Å². The number of Topliss-reactive ketones (excluding diaryl/α,β-unsaturated/α-hetero) is 2. The van der Waals surface area contributed by atoms with E-state index >= 15 is 0 Å². The molecule has 30 heavy (non-hydrogen) atoms. The van der Waals surface area contributed by atoms with E-state index in [2.05, 4.69) is 17.4 Å². The highest BCUT2D eigenvalue weighted by molar-refractivity contribution is 5.89. The van der Waals surface area contributed by atoms with Gasteiger partial charge in [-0.2, -0.15) is 0 Å². The Morgan fingerprint density at radius 1 is 1.00 bits per heavy atom. The molecular formula is C24H27NO5. The Hall–Kier alpha value is -2.99. The molecule has 0 aromatic heterocycles. The second-order valence-electron chi connectivity index (χ2n) is 7.37. The zero-order valence-corrected chi connectivity index (χ0v) is 17.4. The molecule has 1 aliphatic rings. The SMILES string of the molecule is CCOCC(=O)C(CCC(C)=O)NC(=O)OCC1c2ccccc2-c2ccccc21. The topological polar surface area (TPSA) is 81.7 Å². The Balaban J connectivity index is 1.65. The maximum absolute atomic E-state index is 12.4. The van der Waals surface area contributed by atoms with Crippen LogP contribution in [-0.2, 0) is 19.1 Å². The predicted octanol–water partition coefficient (Wildman–Crippen LogP) is 3.87. The van der Waals surface area contributed by atoms with Crippen molar-refractivity contribution >= 4 is 17.7 Å². The van der Waals surface area contributed by atoms with Gasteiger partial charge in [-0.1, -0.05) is 48.5 Å². The lowest BCUT2D eigenvalue weighted by Gasteiger charge is -2.19. The molecular weight excluding hydrogens is 382 g/mol. The summed E-state index contributed by atoms with van der Waals surface area (Å²) in [5, 5.41) is 2.61.